The molecule has 3 rings (SSSR count). The highest BCUT2D eigenvalue weighted by Crippen LogP contribution is 2.21. The van der Waals surface area contributed by atoms with E-state index in [2.05, 4.69) is 4.98 Å². The normalized spacial score (nSPS) is 16.4. The van der Waals surface area contributed by atoms with Crippen LogP contribution in [-0.4, -0.2) is 15.5 Å². The standard InChI is InChI=1S/C12H12N2O/c15-12-8-4-3-7-11-13-9-5-1-2-6-10(9)14(11)12/h1-2,5-6H,3-4,7-8H2. The first-order chi connectivity index (χ1) is 7.36. The Morgan fingerprint density at radius 2 is 1.93 bits per heavy atom. The van der Waals surface area contributed by atoms with Crippen LogP contribution in [0.25, 0.3) is 11.0 Å². The second kappa shape index (κ2) is 3.19. The largest absolute Gasteiger partial charge is 0.274 e. The van der Waals surface area contributed by atoms with Crippen LogP contribution in [0, 0.1) is 0 Å². The van der Waals surface area contributed by atoms with E-state index in [0.717, 1.165) is 36.1 Å². The van der Waals surface area contributed by atoms with Gasteiger partial charge in [0.25, 0.3) is 0 Å². The van der Waals surface area contributed by atoms with Gasteiger partial charge in [-0.15, -0.1) is 0 Å². The molecule has 3 heteroatoms. The maximum absolute atomic E-state index is 11.9. The first-order valence-electron chi connectivity index (χ1n) is 5.36. The number of carbonyl (C=O) groups excluding carboxylic acids is 1. The van der Waals surface area contributed by atoms with E-state index in [1.165, 1.54) is 0 Å². The number of rotatable bonds is 0. The highest BCUT2D eigenvalue weighted by molar-refractivity contribution is 5.91. The number of fused-ring (bicyclic) bond motifs is 3. The second-order valence-electron chi connectivity index (χ2n) is 3.95. The van der Waals surface area contributed by atoms with E-state index < -0.39 is 0 Å². The predicted octanol–water partition coefficient (Wildman–Crippen LogP) is 2.40. The number of imidazole rings is 1. The number of carbonyl (C=O) groups is 1. The number of hydrogen-bond acceptors (Lipinski definition) is 2. The van der Waals surface area contributed by atoms with Gasteiger partial charge >= 0.3 is 0 Å². The molecule has 0 radical (unpaired) electrons. The summed E-state index contributed by atoms with van der Waals surface area (Å²) in [5, 5.41) is 0. The zero-order valence-corrected chi connectivity index (χ0v) is 8.44. The molecule has 1 aliphatic rings. The smallest absolute Gasteiger partial charge is 0.232 e. The summed E-state index contributed by atoms with van der Waals surface area (Å²) < 4.78 is 1.79. The van der Waals surface area contributed by atoms with Crippen LogP contribution >= 0.6 is 0 Å². The summed E-state index contributed by atoms with van der Waals surface area (Å²) in [5.74, 6) is 1.12. The Bertz CT molecular complexity index is 527. The molecule has 1 aromatic carbocycles. The van der Waals surface area contributed by atoms with Crippen molar-refractivity contribution in [2.45, 2.75) is 25.7 Å². The number of aryl methyl sites for hydroxylation is 1. The van der Waals surface area contributed by atoms with Crippen molar-refractivity contribution >= 4 is 16.9 Å². The van der Waals surface area contributed by atoms with E-state index in [1.807, 2.05) is 24.3 Å². The van der Waals surface area contributed by atoms with E-state index >= 15 is 0 Å². The Hall–Kier alpha value is -1.64. The van der Waals surface area contributed by atoms with Crippen molar-refractivity contribution in [3.63, 3.8) is 0 Å². The summed E-state index contributed by atoms with van der Waals surface area (Å²) in [6, 6.07) is 7.84. The van der Waals surface area contributed by atoms with Gasteiger partial charge in [0.2, 0.25) is 5.91 Å². The number of aromatic nitrogens is 2. The van der Waals surface area contributed by atoms with Gasteiger partial charge in [-0.05, 0) is 25.0 Å². The predicted molar refractivity (Wildman–Crippen MR) is 57.9 cm³/mol. The van der Waals surface area contributed by atoms with Crippen molar-refractivity contribution in [3.05, 3.63) is 30.1 Å². The molecule has 0 saturated carbocycles. The fraction of sp³-hybridized carbons (Fsp3) is 0.333. The van der Waals surface area contributed by atoms with Crippen LogP contribution in [0.5, 0.6) is 0 Å². The topological polar surface area (TPSA) is 34.9 Å². The van der Waals surface area contributed by atoms with Gasteiger partial charge in [-0.3, -0.25) is 9.36 Å². The van der Waals surface area contributed by atoms with E-state index in [-0.39, 0.29) is 5.91 Å². The lowest BCUT2D eigenvalue weighted by molar-refractivity contribution is 0.0907. The Balaban J connectivity index is 2.32. The Morgan fingerprint density at radius 1 is 1.13 bits per heavy atom. The molecule has 0 spiro atoms. The fourth-order valence-corrected chi connectivity index (χ4v) is 2.19. The average Bonchev–Trinajstić information content (AvgIpc) is 2.53. The quantitative estimate of drug-likeness (QED) is 0.654. The molecule has 2 heterocycles. The summed E-state index contributed by atoms with van der Waals surface area (Å²) in [5.41, 5.74) is 1.89. The molecule has 0 unspecified atom stereocenters. The first-order valence-corrected chi connectivity index (χ1v) is 5.36. The van der Waals surface area contributed by atoms with Gasteiger partial charge in [0.1, 0.15) is 5.82 Å². The Labute approximate surface area is 87.7 Å². The number of hydrogen-bond donors (Lipinski definition) is 0. The molecule has 0 N–H and O–H groups in total. The van der Waals surface area contributed by atoms with E-state index in [0.29, 0.717) is 6.42 Å². The van der Waals surface area contributed by atoms with Crippen molar-refractivity contribution in [1.82, 2.24) is 9.55 Å². The zero-order chi connectivity index (χ0) is 10.3. The molecule has 0 fully saturated rings. The van der Waals surface area contributed by atoms with Crippen LogP contribution in [0.4, 0.5) is 0 Å². The molecular formula is C12H12N2O. The van der Waals surface area contributed by atoms with Crippen LogP contribution in [-0.2, 0) is 6.42 Å². The number of benzene rings is 1. The van der Waals surface area contributed by atoms with Crippen LogP contribution in [0.2, 0.25) is 0 Å². The SMILES string of the molecule is O=C1CCCCc2nc3ccccc3n21. The minimum absolute atomic E-state index is 0.191. The summed E-state index contributed by atoms with van der Waals surface area (Å²) >= 11 is 0. The van der Waals surface area contributed by atoms with E-state index in [4.69, 9.17) is 0 Å². The summed E-state index contributed by atoms with van der Waals surface area (Å²) in [7, 11) is 0. The van der Waals surface area contributed by atoms with Gasteiger partial charge in [0, 0.05) is 12.8 Å². The second-order valence-corrected chi connectivity index (χ2v) is 3.95. The molecule has 0 bridgehead atoms. The molecule has 0 saturated heterocycles. The van der Waals surface area contributed by atoms with Gasteiger partial charge in [-0.25, -0.2) is 4.98 Å². The molecule has 0 amide bonds. The molecule has 3 nitrogen and oxygen atoms in total. The third kappa shape index (κ3) is 1.27. The van der Waals surface area contributed by atoms with Gasteiger partial charge in [0.05, 0.1) is 11.0 Å². The summed E-state index contributed by atoms with van der Waals surface area (Å²) in [6.07, 6.45) is 3.61. The molecule has 1 aromatic heterocycles. The Kier molecular flexibility index (Phi) is 1.84. The minimum atomic E-state index is 0.191. The Morgan fingerprint density at radius 3 is 2.87 bits per heavy atom. The summed E-state index contributed by atoms with van der Waals surface area (Å²) in [6.45, 7) is 0. The van der Waals surface area contributed by atoms with Crippen LogP contribution < -0.4 is 0 Å². The average molecular weight is 200 g/mol. The van der Waals surface area contributed by atoms with E-state index in [9.17, 15) is 4.79 Å². The molecule has 2 aromatic rings. The van der Waals surface area contributed by atoms with Crippen molar-refractivity contribution in [2.75, 3.05) is 0 Å². The van der Waals surface area contributed by atoms with Crippen LogP contribution in [0.15, 0.2) is 24.3 Å². The highest BCUT2D eigenvalue weighted by Gasteiger charge is 2.18. The lowest BCUT2D eigenvalue weighted by Gasteiger charge is -2.01. The van der Waals surface area contributed by atoms with Gasteiger partial charge in [-0.2, -0.15) is 0 Å². The molecule has 15 heavy (non-hydrogen) atoms. The highest BCUT2D eigenvalue weighted by atomic mass is 16.2. The molecule has 0 atom stereocenters. The molecule has 0 aliphatic carbocycles. The minimum Gasteiger partial charge on any atom is -0.274 e. The third-order valence-corrected chi connectivity index (χ3v) is 2.92. The first kappa shape index (κ1) is 8.65. The lowest BCUT2D eigenvalue weighted by atomic mass is 10.2. The lowest BCUT2D eigenvalue weighted by Crippen LogP contribution is -2.10. The zero-order valence-electron chi connectivity index (χ0n) is 8.44. The maximum Gasteiger partial charge on any atom is 0.232 e. The summed E-state index contributed by atoms with van der Waals surface area (Å²) in [4.78, 5) is 16.4. The van der Waals surface area contributed by atoms with Gasteiger partial charge in [-0.1, -0.05) is 12.1 Å². The fourth-order valence-electron chi connectivity index (χ4n) is 2.19. The molecule has 76 valence electrons. The van der Waals surface area contributed by atoms with Crippen molar-refractivity contribution in [2.24, 2.45) is 0 Å². The van der Waals surface area contributed by atoms with Crippen LogP contribution in [0.1, 0.15) is 29.9 Å². The van der Waals surface area contributed by atoms with Crippen molar-refractivity contribution in [1.29, 1.82) is 0 Å². The maximum atomic E-state index is 11.9. The third-order valence-electron chi connectivity index (χ3n) is 2.92. The van der Waals surface area contributed by atoms with Gasteiger partial charge < -0.3 is 0 Å². The monoisotopic (exact) mass is 200 g/mol. The number of nitrogens with zero attached hydrogens (tertiary/aromatic N) is 2. The van der Waals surface area contributed by atoms with E-state index in [1.54, 1.807) is 4.57 Å². The van der Waals surface area contributed by atoms with Crippen molar-refractivity contribution in [3.8, 4) is 0 Å². The number of para-hydroxylation sites is 2. The van der Waals surface area contributed by atoms with Crippen LogP contribution in [0.3, 0.4) is 0 Å². The molecule has 1 aliphatic heterocycles. The molecular weight excluding hydrogens is 188 g/mol. The van der Waals surface area contributed by atoms with Gasteiger partial charge in [0.15, 0.2) is 0 Å². The van der Waals surface area contributed by atoms with Crippen molar-refractivity contribution < 1.29 is 4.79 Å².